The minimum Gasteiger partial charge on any atom is -0.495 e. The summed E-state index contributed by atoms with van der Waals surface area (Å²) in [6.07, 6.45) is 11.3. The lowest BCUT2D eigenvalue weighted by atomic mass is 9.81. The Morgan fingerprint density at radius 2 is 0.987 bits per heavy atom. The summed E-state index contributed by atoms with van der Waals surface area (Å²) in [4.78, 5) is 16.7. The third kappa shape index (κ3) is 10.4. The predicted molar refractivity (Wildman–Crippen MR) is 283 cm³/mol. The van der Waals surface area contributed by atoms with Gasteiger partial charge in [-0.3, -0.25) is 9.13 Å². The van der Waals surface area contributed by atoms with E-state index in [1.54, 1.807) is 28.1 Å². The van der Waals surface area contributed by atoms with E-state index in [-0.39, 0.29) is 46.2 Å². The molecule has 76 heavy (non-hydrogen) atoms. The summed E-state index contributed by atoms with van der Waals surface area (Å²) in [5, 5.41) is 17.0. The molecular weight excluding hydrogens is 1060 g/mol. The van der Waals surface area contributed by atoms with E-state index in [4.69, 9.17) is 51.6 Å². The van der Waals surface area contributed by atoms with Gasteiger partial charge in [0.25, 0.3) is 0 Å². The topological polar surface area (TPSA) is 237 Å². The molecule has 0 amide bonds. The van der Waals surface area contributed by atoms with E-state index in [1.807, 2.05) is 59.4 Å². The number of aromatic nitrogens is 10. The van der Waals surface area contributed by atoms with Crippen molar-refractivity contribution in [3.05, 3.63) is 117 Å². The van der Waals surface area contributed by atoms with Crippen LogP contribution in [0.15, 0.2) is 61.2 Å². The van der Waals surface area contributed by atoms with Crippen LogP contribution < -0.4 is 9.47 Å². The van der Waals surface area contributed by atoms with Crippen LogP contribution in [0.3, 0.4) is 0 Å². The van der Waals surface area contributed by atoms with Crippen molar-refractivity contribution >= 4 is 42.9 Å². The maximum atomic E-state index is 13.8. The average molecular weight is 1120 g/mol. The third-order valence-electron chi connectivity index (χ3n) is 15.7. The molecule has 0 bridgehead atoms. The molecule has 0 unspecified atom stereocenters. The lowest BCUT2D eigenvalue weighted by molar-refractivity contribution is 0.0909. The van der Waals surface area contributed by atoms with Crippen LogP contribution in [0.5, 0.6) is 11.5 Å². The van der Waals surface area contributed by atoms with Gasteiger partial charge in [0.15, 0.2) is 43.0 Å². The molecule has 0 radical (unpaired) electrons. The molecule has 408 valence electrons. The number of ether oxygens (including phenoxy) is 6. The zero-order chi connectivity index (χ0) is 54.2. The van der Waals surface area contributed by atoms with Crippen molar-refractivity contribution in [1.82, 2.24) is 49.5 Å². The second kappa shape index (κ2) is 22.6. The van der Waals surface area contributed by atoms with Gasteiger partial charge in [-0.15, -0.1) is 20.4 Å². The van der Waals surface area contributed by atoms with Gasteiger partial charge in [0.2, 0.25) is 0 Å². The highest BCUT2D eigenvalue weighted by molar-refractivity contribution is 7.91. The maximum Gasteiger partial charge on any atom is 0.163 e. The monoisotopic (exact) mass is 1120 g/mol. The summed E-state index contributed by atoms with van der Waals surface area (Å²) in [5.74, 6) is 3.11. The fourth-order valence-corrected chi connectivity index (χ4v) is 14.7. The van der Waals surface area contributed by atoms with Crippen LogP contribution in [0.2, 0.25) is 10.0 Å². The summed E-state index contributed by atoms with van der Waals surface area (Å²) in [6.45, 7) is 8.40. The largest absolute Gasteiger partial charge is 0.495 e. The minimum absolute atomic E-state index is 0.0313. The van der Waals surface area contributed by atoms with Crippen molar-refractivity contribution in [3.8, 4) is 22.9 Å². The van der Waals surface area contributed by atoms with Crippen molar-refractivity contribution in [3.63, 3.8) is 0 Å². The van der Waals surface area contributed by atoms with Crippen molar-refractivity contribution in [1.29, 1.82) is 0 Å². The zero-order valence-corrected chi connectivity index (χ0v) is 47.0. The SMILES string of the molecule is COc1cccc(C)c1-n1c(CS(=O)(=O)[C@@H](C)[C@H](OC)c2ncc(Cl)cn2)nnc1[C@@]12CCC[C@@H]1OCC2.COc1cccc(C)c1-n1c(CS(=O)(=O)[C@@H](C)[C@H](OC)c2ncc(Cl)cn2)nnc1[C@]12CCC[C@H]1OCC2. The molecule has 4 aliphatic rings. The molecule has 24 heteroatoms. The Morgan fingerprint density at radius 1 is 0.605 bits per heavy atom. The summed E-state index contributed by atoms with van der Waals surface area (Å²) < 4.78 is 93.8. The lowest BCUT2D eigenvalue weighted by Gasteiger charge is -2.28. The Morgan fingerprint density at radius 3 is 1.34 bits per heavy atom. The maximum absolute atomic E-state index is 13.8. The molecule has 4 aromatic heterocycles. The molecule has 6 heterocycles. The number of aryl methyl sites for hydroxylation is 2. The molecule has 0 spiro atoms. The molecule has 8 atom stereocenters. The standard InChI is InChI=1S/2C26H32ClN5O5S/c2*1-16-7-5-8-19(35-3)22(16)32-21(30-31-25(32)26-10-6-9-20(26)37-12-11-26)15-38(33,34)17(2)23(36-4)24-28-13-18(27)14-29-24/h2*5,7-8,13-14,17,20,23H,6,9-12,15H2,1-4H3/t17-,20+,23-,26-;17-,20-,23-,26+/m00/s1. The number of methoxy groups -OCH3 is 4. The van der Waals surface area contributed by atoms with Crippen LogP contribution in [0.25, 0.3) is 11.4 Å². The first-order valence-electron chi connectivity index (χ1n) is 25.3. The summed E-state index contributed by atoms with van der Waals surface area (Å²) in [5.41, 5.74) is 2.69. The first kappa shape index (κ1) is 55.6. The van der Waals surface area contributed by atoms with Crippen molar-refractivity contribution in [2.45, 2.75) is 136 Å². The second-order valence-corrected chi connectivity index (χ2v) is 25.6. The van der Waals surface area contributed by atoms with Gasteiger partial charge in [0, 0.05) is 52.2 Å². The predicted octanol–water partition coefficient (Wildman–Crippen LogP) is 7.86. The van der Waals surface area contributed by atoms with E-state index in [2.05, 4.69) is 40.3 Å². The highest BCUT2D eigenvalue weighted by Gasteiger charge is 2.54. The number of rotatable bonds is 18. The van der Waals surface area contributed by atoms with Gasteiger partial charge in [-0.2, -0.15) is 0 Å². The number of hydrogen-bond donors (Lipinski definition) is 0. The van der Waals surface area contributed by atoms with Gasteiger partial charge in [0.1, 0.15) is 46.9 Å². The van der Waals surface area contributed by atoms with Gasteiger partial charge in [-0.1, -0.05) is 47.5 Å². The number of sulfone groups is 2. The smallest absolute Gasteiger partial charge is 0.163 e. The van der Waals surface area contributed by atoms with Crippen LogP contribution >= 0.6 is 23.2 Å². The Kier molecular flexibility index (Phi) is 16.5. The summed E-state index contributed by atoms with van der Waals surface area (Å²) >= 11 is 11.8. The van der Waals surface area contributed by atoms with Crippen LogP contribution in [0.4, 0.5) is 0 Å². The average Bonchev–Trinajstić information content (AvgIpc) is 4.28. The Hall–Kier alpha value is -5.20. The minimum atomic E-state index is -3.81. The number of fused-ring (bicyclic) bond motifs is 2. The third-order valence-corrected chi connectivity index (χ3v) is 20.2. The Labute approximate surface area is 453 Å². The fraction of sp³-hybridized carbons (Fsp3) is 0.538. The first-order valence-corrected chi connectivity index (χ1v) is 29.5. The molecule has 2 aliphatic heterocycles. The van der Waals surface area contributed by atoms with Gasteiger partial charge >= 0.3 is 0 Å². The molecule has 10 rings (SSSR count). The molecule has 2 saturated carbocycles. The molecule has 4 fully saturated rings. The number of benzene rings is 2. The number of halogens is 2. The quantitative estimate of drug-likeness (QED) is 0.0796. The highest BCUT2D eigenvalue weighted by atomic mass is 35.5. The molecule has 0 N–H and O–H groups in total. The van der Waals surface area contributed by atoms with Gasteiger partial charge in [-0.25, -0.2) is 36.8 Å². The molecule has 6 aromatic rings. The van der Waals surface area contributed by atoms with Crippen LogP contribution in [0.1, 0.15) is 123 Å². The van der Waals surface area contributed by atoms with Gasteiger partial charge in [0.05, 0.1) is 69.2 Å². The van der Waals surface area contributed by atoms with Crippen molar-refractivity contribution < 1.29 is 45.3 Å². The number of para-hydroxylation sites is 2. The molecular formula is C52H64Cl2N10O10S2. The molecule has 20 nitrogen and oxygen atoms in total. The molecule has 2 aromatic carbocycles. The second-order valence-electron chi connectivity index (χ2n) is 20.0. The lowest BCUT2D eigenvalue weighted by Crippen LogP contribution is -2.34. The van der Waals surface area contributed by atoms with E-state index in [9.17, 15) is 16.8 Å². The van der Waals surface area contributed by atoms with Crippen LogP contribution in [-0.2, 0) is 61.0 Å². The first-order chi connectivity index (χ1) is 36.4. The van der Waals surface area contributed by atoms with Gasteiger partial charge in [-0.05, 0) is 102 Å². The van der Waals surface area contributed by atoms with E-state index in [0.29, 0.717) is 46.4 Å². The zero-order valence-electron chi connectivity index (χ0n) is 43.8. The summed E-state index contributed by atoms with van der Waals surface area (Å²) in [6, 6.07) is 11.5. The Bertz CT molecular complexity index is 3020. The highest BCUT2D eigenvalue weighted by Crippen LogP contribution is 2.51. The fourth-order valence-electron chi connectivity index (χ4n) is 11.7. The normalized spacial score (nSPS) is 22.8. The van der Waals surface area contributed by atoms with Crippen molar-refractivity contribution in [2.24, 2.45) is 0 Å². The van der Waals surface area contributed by atoms with E-state index in [1.165, 1.54) is 39.0 Å². The van der Waals surface area contributed by atoms with E-state index < -0.39 is 42.4 Å². The number of hydrogen-bond acceptors (Lipinski definition) is 18. The van der Waals surface area contributed by atoms with Crippen molar-refractivity contribution in [2.75, 3.05) is 41.7 Å². The van der Waals surface area contributed by atoms with Crippen LogP contribution in [-0.4, -0.2) is 131 Å². The molecule has 2 saturated heterocycles. The van der Waals surface area contributed by atoms with E-state index in [0.717, 1.165) is 85.5 Å². The summed E-state index contributed by atoms with van der Waals surface area (Å²) in [7, 11) is -1.55. The number of nitrogens with zero attached hydrogens (tertiary/aromatic N) is 10. The van der Waals surface area contributed by atoms with Gasteiger partial charge < -0.3 is 28.4 Å². The Balaban J connectivity index is 0.000000186. The molecule has 2 aliphatic carbocycles. The van der Waals surface area contributed by atoms with E-state index >= 15 is 0 Å². The van der Waals surface area contributed by atoms with Crippen LogP contribution in [0, 0.1) is 13.8 Å².